The Labute approximate surface area is 139 Å². The number of pyridine rings is 1. The molecule has 0 bridgehead atoms. The molecule has 6 heteroatoms. The summed E-state index contributed by atoms with van der Waals surface area (Å²) >= 11 is 0. The number of aromatic nitrogens is 1. The van der Waals surface area contributed by atoms with E-state index in [2.05, 4.69) is 34.5 Å². The molecule has 1 aromatic rings. The predicted octanol–water partition coefficient (Wildman–Crippen LogP) is 2.35. The summed E-state index contributed by atoms with van der Waals surface area (Å²) in [4.78, 5) is 8.93. The van der Waals surface area contributed by atoms with Crippen LogP contribution in [0.3, 0.4) is 0 Å². The number of aliphatic imine (C=N–C) groups is 1. The van der Waals surface area contributed by atoms with Crippen LogP contribution in [0.2, 0.25) is 0 Å². The second kappa shape index (κ2) is 11.7. The van der Waals surface area contributed by atoms with Crippen LogP contribution in [0, 0.1) is 0 Å². The van der Waals surface area contributed by atoms with Crippen LogP contribution >= 0.6 is 0 Å². The molecular weight excluding hydrogens is 292 g/mol. The molecule has 0 aliphatic rings. The number of hydrogen-bond donors (Lipinski definition) is 2. The fourth-order valence-corrected chi connectivity index (χ4v) is 2.00. The molecule has 0 radical (unpaired) electrons. The molecule has 0 saturated carbocycles. The summed E-state index contributed by atoms with van der Waals surface area (Å²) in [5.74, 6) is 1.44. The molecule has 1 heterocycles. The number of nitrogens with one attached hydrogen (secondary N) is 2. The maximum absolute atomic E-state index is 5.75. The van der Waals surface area contributed by atoms with Gasteiger partial charge in [0.25, 0.3) is 0 Å². The normalized spacial score (nSPS) is 12.8. The molecule has 0 aliphatic heterocycles. The lowest BCUT2D eigenvalue weighted by atomic mass is 10.2. The van der Waals surface area contributed by atoms with Gasteiger partial charge in [-0.05, 0) is 26.3 Å². The monoisotopic (exact) mass is 322 g/mol. The third-order valence-electron chi connectivity index (χ3n) is 3.14. The van der Waals surface area contributed by atoms with Crippen molar-refractivity contribution in [1.29, 1.82) is 0 Å². The molecule has 130 valence electrons. The van der Waals surface area contributed by atoms with Crippen molar-refractivity contribution < 1.29 is 9.47 Å². The SMILES string of the molecule is CCCCOc1ncccc1CN=C(NCC)NC(C)COC. The lowest BCUT2D eigenvalue weighted by molar-refractivity contribution is 0.179. The van der Waals surface area contributed by atoms with E-state index in [0.717, 1.165) is 30.9 Å². The van der Waals surface area contributed by atoms with Crippen molar-refractivity contribution in [1.82, 2.24) is 15.6 Å². The largest absolute Gasteiger partial charge is 0.477 e. The molecule has 1 atom stereocenters. The Kier molecular flexibility index (Phi) is 9.79. The summed E-state index contributed by atoms with van der Waals surface area (Å²) in [6.07, 6.45) is 3.88. The molecule has 0 aromatic carbocycles. The van der Waals surface area contributed by atoms with Crippen molar-refractivity contribution >= 4 is 5.96 Å². The van der Waals surface area contributed by atoms with Gasteiger partial charge in [-0.25, -0.2) is 9.98 Å². The molecule has 1 rings (SSSR count). The Bertz CT molecular complexity index is 466. The van der Waals surface area contributed by atoms with Gasteiger partial charge >= 0.3 is 0 Å². The molecule has 2 N–H and O–H groups in total. The average Bonchev–Trinajstić information content (AvgIpc) is 2.54. The maximum Gasteiger partial charge on any atom is 0.218 e. The highest BCUT2D eigenvalue weighted by atomic mass is 16.5. The predicted molar refractivity (Wildman–Crippen MR) is 93.9 cm³/mol. The van der Waals surface area contributed by atoms with Crippen LogP contribution < -0.4 is 15.4 Å². The maximum atomic E-state index is 5.75. The lowest BCUT2D eigenvalue weighted by Crippen LogP contribution is -2.43. The number of hydrogen-bond acceptors (Lipinski definition) is 4. The Morgan fingerprint density at radius 1 is 1.39 bits per heavy atom. The summed E-state index contributed by atoms with van der Waals surface area (Å²) in [6, 6.07) is 4.10. The van der Waals surface area contributed by atoms with Crippen molar-refractivity contribution in [2.45, 2.75) is 46.2 Å². The highest BCUT2D eigenvalue weighted by Gasteiger charge is 2.07. The molecule has 0 aliphatic carbocycles. The van der Waals surface area contributed by atoms with Crippen LogP contribution in [0.4, 0.5) is 0 Å². The second-order valence-corrected chi connectivity index (χ2v) is 5.37. The molecule has 0 amide bonds. The molecule has 6 nitrogen and oxygen atoms in total. The number of rotatable bonds is 10. The van der Waals surface area contributed by atoms with Gasteiger partial charge < -0.3 is 20.1 Å². The van der Waals surface area contributed by atoms with Gasteiger partial charge in [0.05, 0.1) is 19.8 Å². The van der Waals surface area contributed by atoms with Gasteiger partial charge in [-0.1, -0.05) is 19.4 Å². The first-order chi connectivity index (χ1) is 11.2. The number of nitrogens with zero attached hydrogens (tertiary/aromatic N) is 2. The molecule has 0 saturated heterocycles. The van der Waals surface area contributed by atoms with E-state index in [4.69, 9.17) is 9.47 Å². The third-order valence-corrected chi connectivity index (χ3v) is 3.14. The minimum atomic E-state index is 0.187. The first kappa shape index (κ1) is 19.2. The minimum absolute atomic E-state index is 0.187. The Morgan fingerprint density at radius 3 is 2.91 bits per heavy atom. The highest BCUT2D eigenvalue weighted by Crippen LogP contribution is 2.15. The van der Waals surface area contributed by atoms with Gasteiger partial charge in [0, 0.05) is 31.5 Å². The summed E-state index contributed by atoms with van der Waals surface area (Å²) in [7, 11) is 1.69. The van der Waals surface area contributed by atoms with Crippen molar-refractivity contribution in [2.24, 2.45) is 4.99 Å². The van der Waals surface area contributed by atoms with E-state index in [1.54, 1.807) is 13.3 Å². The molecular formula is C17H30N4O2. The van der Waals surface area contributed by atoms with Crippen molar-refractivity contribution in [3.05, 3.63) is 23.9 Å². The Hall–Kier alpha value is -1.82. The molecule has 23 heavy (non-hydrogen) atoms. The van der Waals surface area contributed by atoms with Gasteiger partial charge in [0.2, 0.25) is 5.88 Å². The van der Waals surface area contributed by atoms with E-state index in [0.29, 0.717) is 25.6 Å². The molecule has 0 fully saturated rings. The van der Waals surface area contributed by atoms with E-state index < -0.39 is 0 Å². The topological polar surface area (TPSA) is 67.8 Å². The van der Waals surface area contributed by atoms with Crippen LogP contribution in [0.1, 0.15) is 39.2 Å². The zero-order valence-electron chi connectivity index (χ0n) is 14.8. The quantitative estimate of drug-likeness (QED) is 0.393. The number of ether oxygens (including phenoxy) is 2. The van der Waals surface area contributed by atoms with E-state index in [9.17, 15) is 0 Å². The van der Waals surface area contributed by atoms with E-state index >= 15 is 0 Å². The summed E-state index contributed by atoms with van der Waals surface area (Å²) in [5.41, 5.74) is 0.986. The van der Waals surface area contributed by atoms with Crippen LogP contribution in [-0.4, -0.2) is 43.9 Å². The number of guanidine groups is 1. The van der Waals surface area contributed by atoms with Gasteiger partial charge in [-0.15, -0.1) is 0 Å². The zero-order valence-corrected chi connectivity index (χ0v) is 14.8. The summed E-state index contributed by atoms with van der Waals surface area (Å²) in [6.45, 7) is 8.88. The zero-order chi connectivity index (χ0) is 16.9. The standard InChI is InChI=1S/C17H30N4O2/c1-5-7-11-23-16-15(9-8-10-19-16)12-20-17(18-6-2)21-14(3)13-22-4/h8-10,14H,5-7,11-13H2,1-4H3,(H2,18,20,21). The average molecular weight is 322 g/mol. The van der Waals surface area contributed by atoms with Gasteiger partial charge in [0.15, 0.2) is 5.96 Å². The van der Waals surface area contributed by atoms with Gasteiger partial charge in [-0.3, -0.25) is 0 Å². The summed E-state index contributed by atoms with van der Waals surface area (Å²) < 4.78 is 10.9. The highest BCUT2D eigenvalue weighted by molar-refractivity contribution is 5.80. The number of unbranched alkanes of at least 4 members (excludes halogenated alkanes) is 1. The van der Waals surface area contributed by atoms with E-state index in [-0.39, 0.29) is 6.04 Å². The van der Waals surface area contributed by atoms with Crippen molar-refractivity contribution in [2.75, 3.05) is 26.9 Å². The second-order valence-electron chi connectivity index (χ2n) is 5.37. The molecule has 1 aromatic heterocycles. The Balaban J connectivity index is 2.70. The van der Waals surface area contributed by atoms with Crippen LogP contribution in [-0.2, 0) is 11.3 Å². The van der Waals surface area contributed by atoms with E-state index in [1.165, 1.54) is 0 Å². The van der Waals surface area contributed by atoms with Crippen LogP contribution in [0.25, 0.3) is 0 Å². The molecule has 0 spiro atoms. The fraction of sp³-hybridized carbons (Fsp3) is 0.647. The third kappa shape index (κ3) is 7.83. The Morgan fingerprint density at radius 2 is 2.22 bits per heavy atom. The summed E-state index contributed by atoms with van der Waals surface area (Å²) in [5, 5.41) is 6.55. The fourth-order valence-electron chi connectivity index (χ4n) is 2.00. The van der Waals surface area contributed by atoms with E-state index in [1.807, 2.05) is 19.1 Å². The lowest BCUT2D eigenvalue weighted by Gasteiger charge is -2.17. The first-order valence-electron chi connectivity index (χ1n) is 8.31. The van der Waals surface area contributed by atoms with Gasteiger partial charge in [0.1, 0.15) is 0 Å². The first-order valence-corrected chi connectivity index (χ1v) is 8.31. The van der Waals surface area contributed by atoms with Crippen molar-refractivity contribution in [3.63, 3.8) is 0 Å². The number of methoxy groups -OCH3 is 1. The molecule has 1 unspecified atom stereocenters. The van der Waals surface area contributed by atoms with Crippen LogP contribution in [0.5, 0.6) is 5.88 Å². The minimum Gasteiger partial charge on any atom is -0.477 e. The van der Waals surface area contributed by atoms with Crippen LogP contribution in [0.15, 0.2) is 23.3 Å². The van der Waals surface area contributed by atoms with Gasteiger partial charge in [-0.2, -0.15) is 0 Å². The van der Waals surface area contributed by atoms with Crippen molar-refractivity contribution in [3.8, 4) is 5.88 Å². The smallest absolute Gasteiger partial charge is 0.218 e.